The van der Waals surface area contributed by atoms with Crippen molar-refractivity contribution in [3.05, 3.63) is 34.9 Å². The van der Waals surface area contributed by atoms with Gasteiger partial charge in [-0.1, -0.05) is 48.5 Å². The molecule has 6 nitrogen and oxygen atoms in total. The molecule has 29 heavy (non-hydrogen) atoms. The van der Waals surface area contributed by atoms with Crippen molar-refractivity contribution in [2.75, 3.05) is 23.7 Å². The van der Waals surface area contributed by atoms with E-state index in [1.165, 1.54) is 37.4 Å². The molecule has 1 atom stereocenters. The fourth-order valence-corrected chi connectivity index (χ4v) is 4.87. The van der Waals surface area contributed by atoms with Crippen molar-refractivity contribution in [2.24, 2.45) is 5.92 Å². The summed E-state index contributed by atoms with van der Waals surface area (Å²) in [5.41, 5.74) is 0.926. The van der Waals surface area contributed by atoms with Gasteiger partial charge in [0.05, 0.1) is 11.8 Å². The van der Waals surface area contributed by atoms with Gasteiger partial charge in [-0.05, 0) is 50.2 Å². The van der Waals surface area contributed by atoms with Crippen LogP contribution in [0.25, 0.3) is 0 Å². The van der Waals surface area contributed by atoms with Crippen LogP contribution in [0, 0.1) is 5.92 Å². The molecule has 4 rings (SSSR count). The molecule has 2 aliphatic rings. The van der Waals surface area contributed by atoms with Crippen LogP contribution < -0.4 is 10.2 Å². The van der Waals surface area contributed by atoms with E-state index in [-0.39, 0.29) is 11.9 Å². The van der Waals surface area contributed by atoms with Gasteiger partial charge < -0.3 is 10.2 Å². The third-order valence-electron chi connectivity index (χ3n) is 5.71. The molecule has 1 N–H and O–H groups in total. The number of nitrogens with zero attached hydrogens (tertiary/aromatic N) is 4. The summed E-state index contributed by atoms with van der Waals surface area (Å²) in [6, 6.07) is 7.95. The molecule has 1 saturated carbocycles. The quantitative estimate of drug-likeness (QED) is 0.652. The number of anilines is 1. The van der Waals surface area contributed by atoms with Crippen molar-refractivity contribution in [2.45, 2.75) is 56.8 Å². The van der Waals surface area contributed by atoms with Gasteiger partial charge in [-0.15, -0.1) is 10.2 Å². The number of nitrogens with one attached hydrogen (secondary N) is 1. The molecule has 1 aromatic carbocycles. The number of amides is 1. The summed E-state index contributed by atoms with van der Waals surface area (Å²) in [7, 11) is 0. The fourth-order valence-electron chi connectivity index (χ4n) is 3.76. The summed E-state index contributed by atoms with van der Waals surface area (Å²) in [5.74, 6) is 2.05. The third kappa shape index (κ3) is 4.89. The second-order valence-electron chi connectivity index (χ2n) is 8.15. The number of carbonyl (C=O) groups excluding carboxylic acids is 1. The molecular weight excluding hydrogens is 406 g/mol. The van der Waals surface area contributed by atoms with Crippen molar-refractivity contribution in [1.82, 2.24) is 20.1 Å². The Morgan fingerprint density at radius 2 is 1.97 bits per heavy atom. The van der Waals surface area contributed by atoms with Gasteiger partial charge in [0.2, 0.25) is 11.9 Å². The van der Waals surface area contributed by atoms with Crippen molar-refractivity contribution >= 4 is 35.2 Å². The average Bonchev–Trinajstić information content (AvgIpc) is 3.46. The van der Waals surface area contributed by atoms with E-state index in [0.717, 1.165) is 35.7 Å². The minimum Gasteiger partial charge on any atom is -0.349 e. The molecule has 8 heteroatoms. The molecule has 1 unspecified atom stereocenters. The molecule has 1 aromatic heterocycles. The molecule has 156 valence electrons. The van der Waals surface area contributed by atoms with Crippen molar-refractivity contribution in [3.63, 3.8) is 0 Å². The Bertz CT molecular complexity index is 861. The predicted octanol–water partition coefficient (Wildman–Crippen LogP) is 4.47. The summed E-state index contributed by atoms with van der Waals surface area (Å²) in [6.07, 6.45) is 4.72. The lowest BCUT2D eigenvalue weighted by molar-refractivity contribution is -0.119. The maximum Gasteiger partial charge on any atom is 0.230 e. The van der Waals surface area contributed by atoms with Gasteiger partial charge in [-0.2, -0.15) is 0 Å². The van der Waals surface area contributed by atoms with Crippen molar-refractivity contribution in [1.29, 1.82) is 0 Å². The summed E-state index contributed by atoms with van der Waals surface area (Å²) in [5, 5.41) is 13.5. The van der Waals surface area contributed by atoms with Crippen LogP contribution >= 0.6 is 23.4 Å². The number of hydrogen-bond donors (Lipinski definition) is 1. The predicted molar refractivity (Wildman–Crippen MR) is 118 cm³/mol. The van der Waals surface area contributed by atoms with Crippen LogP contribution in [0.5, 0.6) is 0 Å². The molecule has 2 aromatic rings. The van der Waals surface area contributed by atoms with Gasteiger partial charge in [0, 0.05) is 24.2 Å². The average molecular weight is 434 g/mol. The number of benzene rings is 1. The fraction of sp³-hybridized carbons (Fsp3) is 0.571. The van der Waals surface area contributed by atoms with Gasteiger partial charge in [-0.3, -0.25) is 9.36 Å². The maximum atomic E-state index is 12.5. The summed E-state index contributed by atoms with van der Waals surface area (Å²) in [6.45, 7) is 6.33. The Morgan fingerprint density at radius 1 is 1.24 bits per heavy atom. The van der Waals surface area contributed by atoms with E-state index < -0.39 is 0 Å². The lowest BCUT2D eigenvalue weighted by Crippen LogP contribution is -2.34. The molecule has 1 saturated heterocycles. The second kappa shape index (κ2) is 8.96. The standard InChI is InChI=1S/C21H28ClN5OS/c1-14-9-11-26(12-10-14)20-24-25-21(27(20)16-7-8-16)29-13-19(28)23-15(2)17-5-3-4-6-18(17)22/h3-6,14-16H,7-13H2,1-2H3,(H,23,28). The molecule has 1 aliphatic heterocycles. The zero-order chi connectivity index (χ0) is 20.4. The van der Waals surface area contributed by atoms with Crippen LogP contribution in [0.15, 0.2) is 29.4 Å². The smallest absolute Gasteiger partial charge is 0.230 e. The zero-order valence-corrected chi connectivity index (χ0v) is 18.5. The Hall–Kier alpha value is -1.73. The number of thioether (sulfide) groups is 1. The Kier molecular flexibility index (Phi) is 6.35. The normalized spacial score (nSPS) is 18.7. The number of aromatic nitrogens is 3. The molecule has 2 fully saturated rings. The van der Waals surface area contributed by atoms with E-state index >= 15 is 0 Å². The summed E-state index contributed by atoms with van der Waals surface area (Å²) in [4.78, 5) is 14.9. The first kappa shape index (κ1) is 20.5. The minimum atomic E-state index is -0.135. The number of carbonyl (C=O) groups is 1. The van der Waals surface area contributed by atoms with Crippen LogP contribution in [0.1, 0.15) is 57.2 Å². The van der Waals surface area contributed by atoms with Gasteiger partial charge in [0.1, 0.15) is 0 Å². The summed E-state index contributed by atoms with van der Waals surface area (Å²) >= 11 is 7.71. The van der Waals surface area contributed by atoms with Crippen LogP contribution in [0.3, 0.4) is 0 Å². The van der Waals surface area contributed by atoms with Crippen LogP contribution in [-0.2, 0) is 4.79 Å². The number of hydrogen-bond acceptors (Lipinski definition) is 5. The SMILES string of the molecule is CC1CCN(c2nnc(SCC(=O)NC(C)c3ccccc3Cl)n2C2CC2)CC1. The largest absolute Gasteiger partial charge is 0.349 e. The molecule has 2 heterocycles. The van der Waals surface area contributed by atoms with Crippen LogP contribution in [0.2, 0.25) is 5.02 Å². The van der Waals surface area contributed by atoms with Gasteiger partial charge in [0.15, 0.2) is 5.16 Å². The number of rotatable bonds is 7. The highest BCUT2D eigenvalue weighted by Crippen LogP contribution is 2.41. The Morgan fingerprint density at radius 3 is 2.66 bits per heavy atom. The molecule has 0 spiro atoms. The molecule has 1 amide bonds. The lowest BCUT2D eigenvalue weighted by atomic mass is 10.00. The first-order valence-corrected chi connectivity index (χ1v) is 11.8. The highest BCUT2D eigenvalue weighted by molar-refractivity contribution is 7.99. The first-order chi connectivity index (χ1) is 14.0. The topological polar surface area (TPSA) is 63.1 Å². The lowest BCUT2D eigenvalue weighted by Gasteiger charge is -2.31. The van der Waals surface area contributed by atoms with E-state index in [4.69, 9.17) is 11.6 Å². The van der Waals surface area contributed by atoms with Crippen molar-refractivity contribution in [3.8, 4) is 0 Å². The van der Waals surface area contributed by atoms with E-state index in [1.54, 1.807) is 0 Å². The third-order valence-corrected chi connectivity index (χ3v) is 6.99. The van der Waals surface area contributed by atoms with Crippen LogP contribution in [-0.4, -0.2) is 39.5 Å². The van der Waals surface area contributed by atoms with Gasteiger partial charge >= 0.3 is 0 Å². The Labute approximate surface area is 181 Å². The zero-order valence-electron chi connectivity index (χ0n) is 17.0. The molecular formula is C21H28ClN5OS. The number of piperidine rings is 1. The second-order valence-corrected chi connectivity index (χ2v) is 9.50. The summed E-state index contributed by atoms with van der Waals surface area (Å²) < 4.78 is 2.26. The van der Waals surface area contributed by atoms with E-state index in [1.807, 2.05) is 31.2 Å². The van der Waals surface area contributed by atoms with Gasteiger partial charge in [0.25, 0.3) is 0 Å². The first-order valence-electron chi connectivity index (χ1n) is 10.4. The number of halogens is 1. The maximum absolute atomic E-state index is 12.5. The highest BCUT2D eigenvalue weighted by atomic mass is 35.5. The van der Waals surface area contributed by atoms with E-state index in [9.17, 15) is 4.79 Å². The Balaban J connectivity index is 1.38. The molecule has 0 bridgehead atoms. The van der Waals surface area contributed by atoms with E-state index in [2.05, 4.69) is 31.9 Å². The monoisotopic (exact) mass is 433 g/mol. The molecule has 0 radical (unpaired) electrons. The minimum absolute atomic E-state index is 0.0267. The van der Waals surface area contributed by atoms with Crippen LogP contribution in [0.4, 0.5) is 5.95 Å². The highest BCUT2D eigenvalue weighted by Gasteiger charge is 2.32. The van der Waals surface area contributed by atoms with Gasteiger partial charge in [-0.25, -0.2) is 0 Å². The van der Waals surface area contributed by atoms with E-state index in [0.29, 0.717) is 16.8 Å². The van der Waals surface area contributed by atoms with Crippen molar-refractivity contribution < 1.29 is 4.79 Å². The molecule has 1 aliphatic carbocycles.